The van der Waals surface area contributed by atoms with Crippen molar-refractivity contribution in [1.29, 1.82) is 0 Å². The van der Waals surface area contributed by atoms with Crippen LogP contribution >= 0.6 is 0 Å². The minimum Gasteiger partial charge on any atom is -0.337 e. The third-order valence-electron chi connectivity index (χ3n) is 23.9. The Balaban J connectivity index is 0.000000113. The molecule has 20 aromatic heterocycles. The molecule has 35 heteroatoms. The minimum absolute atomic E-state index is 0.0322. The van der Waals surface area contributed by atoms with Crippen molar-refractivity contribution >= 4 is 129 Å². The molecule has 35 nitrogen and oxygen atoms in total. The molecule has 0 bridgehead atoms. The van der Waals surface area contributed by atoms with Crippen LogP contribution in [0.4, 0.5) is 17.1 Å². The summed E-state index contributed by atoms with van der Waals surface area (Å²) in [5.74, 6) is 2.86. The highest BCUT2D eigenvalue weighted by molar-refractivity contribution is 6.04. The number of hydrogen-bond donors (Lipinski definition) is 11. The number of amides is 3. The first-order valence-corrected chi connectivity index (χ1v) is 46.2. The highest BCUT2D eigenvalue weighted by atomic mass is 16.2. The van der Waals surface area contributed by atoms with E-state index in [0.29, 0.717) is 88.6 Å². The Morgan fingerprint density at radius 3 is 0.916 bits per heavy atom. The monoisotopic (exact) mass is 1880 g/mol. The number of ketones is 1. The number of pyridine rings is 12. The highest BCUT2D eigenvalue weighted by Gasteiger charge is 2.24. The summed E-state index contributed by atoms with van der Waals surface area (Å²) in [6, 6.07) is 57.4. The molecular formula is C108H87N31O4. The summed E-state index contributed by atoms with van der Waals surface area (Å²) in [5, 5.41) is 41.9. The Morgan fingerprint density at radius 1 is 0.301 bits per heavy atom. The van der Waals surface area contributed by atoms with Gasteiger partial charge in [-0.1, -0.05) is 120 Å². The number of benzene rings is 4. The molecule has 0 aliphatic rings. The van der Waals surface area contributed by atoms with E-state index >= 15 is 0 Å². The summed E-state index contributed by atoms with van der Waals surface area (Å²) in [6.45, 7) is 11.4. The van der Waals surface area contributed by atoms with Gasteiger partial charge in [0.2, 0.25) is 17.7 Å². The molecule has 0 spiro atoms. The van der Waals surface area contributed by atoms with Crippen molar-refractivity contribution in [3.05, 3.63) is 299 Å². The Bertz CT molecular complexity index is 8850. The topological polar surface area (TPSA) is 488 Å². The van der Waals surface area contributed by atoms with Crippen molar-refractivity contribution in [2.24, 2.45) is 11.8 Å². The lowest BCUT2D eigenvalue weighted by Gasteiger charge is -2.09. The second-order valence-corrected chi connectivity index (χ2v) is 34.6. The normalized spacial score (nSPS) is 11.4. The molecule has 0 radical (unpaired) electrons. The first-order valence-electron chi connectivity index (χ1n) is 46.2. The lowest BCUT2D eigenvalue weighted by molar-refractivity contribution is -0.119. The number of imidazole rings is 4. The van der Waals surface area contributed by atoms with E-state index in [1.165, 1.54) is 0 Å². The van der Waals surface area contributed by atoms with Crippen LogP contribution in [0, 0.1) is 11.8 Å². The molecule has 24 aromatic rings. The van der Waals surface area contributed by atoms with Gasteiger partial charge in [-0.2, -0.15) is 20.4 Å². The predicted molar refractivity (Wildman–Crippen MR) is 551 cm³/mol. The second-order valence-electron chi connectivity index (χ2n) is 34.6. The van der Waals surface area contributed by atoms with Gasteiger partial charge in [-0.15, -0.1) is 0 Å². The maximum atomic E-state index is 12.2. The minimum atomic E-state index is -0.123. The van der Waals surface area contributed by atoms with Crippen LogP contribution < -0.4 is 16.0 Å². The number of hydrogen-bond acceptors (Lipinski definition) is 24. The van der Waals surface area contributed by atoms with Gasteiger partial charge in [0.1, 0.15) is 28.6 Å². The fourth-order valence-corrected chi connectivity index (χ4v) is 16.7. The molecule has 4 aromatic carbocycles. The standard InChI is InChI=1S/C28H24N8O.C27H22N8O.C27H21N7O.C26H20N8O/c1-16(2)9-24(37)32-20-10-18(13-30-15-20)19-11-22-26(35-36-27(22)31-14-19)28-33-23-7-3-6-21(25(23)34-28)17-5-4-8-29-12-17;1-15(2)27(36)31-19-9-17(12-29-14-19)18-10-21-24(34-35-25(21)30-13-18)26-32-22-7-3-6-20(23(22)33-26)16-5-4-8-28-11-16;1-2-20(35)12-19-9-8-16(14-29-19)18-11-22-25(33-34-26(22)30-15-18)27-31-23-7-3-6-21(24(23)32-27)17-5-4-10-28-13-17;1-2-22(35)30-18-9-16(12-28-14-18)17-10-20-24(33-34-25(20)29-13-17)26-31-21-7-3-6-19(23(21)32-26)15-5-4-8-27-11-15/h3-8,10-16H,9H2,1-2H3,(H,32,37)(H,33,34)(H,31,35,36);3-15H,1-2H3,(H,31,36)(H,32,33)(H,30,34,35);3-11,13-15H,2,12H2,1H3,(H,31,32)(H,30,33,34);3-14H,2H2,1H3,(H,30,35)(H,31,32)(H,29,33,34). The van der Waals surface area contributed by atoms with Gasteiger partial charge in [-0.25, -0.2) is 39.9 Å². The molecule has 0 atom stereocenters. The van der Waals surface area contributed by atoms with E-state index < -0.39 is 0 Å². The number of para-hydroxylation sites is 4. The fourth-order valence-electron chi connectivity index (χ4n) is 16.7. The molecule has 0 unspecified atom stereocenters. The molecule has 0 fully saturated rings. The molecule has 3 amide bonds. The number of Topliss-reactive ketones (excluding diaryl/α,β-unsaturated/α-hetero) is 1. The van der Waals surface area contributed by atoms with Crippen molar-refractivity contribution in [3.63, 3.8) is 0 Å². The zero-order chi connectivity index (χ0) is 97.6. The van der Waals surface area contributed by atoms with Crippen LogP contribution in [0.2, 0.25) is 0 Å². The zero-order valence-corrected chi connectivity index (χ0v) is 77.8. The number of nitrogens with zero attached hydrogens (tertiary/aromatic N) is 20. The highest BCUT2D eigenvalue weighted by Crippen LogP contribution is 2.40. The number of carbonyl (C=O) groups excluding carboxylic acids is 4. The Kier molecular flexibility index (Phi) is 25.0. The quantitative estimate of drug-likeness (QED) is 0.0300. The van der Waals surface area contributed by atoms with Gasteiger partial charge in [0.05, 0.1) is 101 Å². The maximum absolute atomic E-state index is 12.2. The summed E-state index contributed by atoms with van der Waals surface area (Å²) < 4.78 is 0. The SMILES string of the molecule is CC(C)C(=O)Nc1cncc(-c2cnc3n[nH]c(-c4nc5c(-c6cccnc6)cccc5[nH]4)c3c2)c1.CC(C)CC(=O)Nc1cncc(-c2cnc3n[nH]c(-c4nc5c(-c6cccnc6)cccc5[nH]4)c3c2)c1.CCC(=O)Cc1ccc(-c2cnc3n[nH]c(-c4nc5c(-c6cccnc6)cccc5[nH]4)c3c2)cn1.CCC(=O)Nc1cncc(-c2cnc3n[nH]c(-c4nc5c(-c6cccnc6)cccc5[nH]4)c3c2)c1. The molecule has 0 aliphatic carbocycles. The van der Waals surface area contributed by atoms with Crippen LogP contribution in [0.25, 0.3) is 223 Å². The van der Waals surface area contributed by atoms with Crippen molar-refractivity contribution in [3.8, 4) is 135 Å². The lowest BCUT2D eigenvalue weighted by Crippen LogP contribution is -2.17. The van der Waals surface area contributed by atoms with E-state index in [0.717, 1.165) is 183 Å². The average Bonchev–Trinajstić information content (AvgIpc) is 1.63. The summed E-state index contributed by atoms with van der Waals surface area (Å²) in [7, 11) is 0. The smallest absolute Gasteiger partial charge is 0.226 e. The van der Waals surface area contributed by atoms with Crippen LogP contribution in [-0.4, -0.2) is 164 Å². The molecule has 24 rings (SSSR count). The number of aromatic nitrogens is 28. The van der Waals surface area contributed by atoms with E-state index in [1.807, 2.05) is 242 Å². The molecule has 0 saturated heterocycles. The Labute approximate surface area is 813 Å². The van der Waals surface area contributed by atoms with Crippen LogP contribution in [0.3, 0.4) is 0 Å². The van der Waals surface area contributed by atoms with E-state index in [4.69, 9.17) is 19.9 Å². The second kappa shape index (κ2) is 39.7. The molecule has 20 heterocycles. The van der Waals surface area contributed by atoms with E-state index in [9.17, 15) is 19.2 Å². The van der Waals surface area contributed by atoms with Gasteiger partial charge in [-0.05, 0) is 103 Å². The largest absolute Gasteiger partial charge is 0.337 e. The zero-order valence-electron chi connectivity index (χ0n) is 77.8. The summed E-state index contributed by atoms with van der Waals surface area (Å²) in [5.41, 5.74) is 30.0. The summed E-state index contributed by atoms with van der Waals surface area (Å²) >= 11 is 0. The number of aromatic amines is 8. The number of rotatable bonds is 22. The summed E-state index contributed by atoms with van der Waals surface area (Å²) in [4.78, 5) is 134. The van der Waals surface area contributed by atoms with Gasteiger partial charge < -0.3 is 35.9 Å². The van der Waals surface area contributed by atoms with E-state index in [-0.39, 0.29) is 35.3 Å². The molecule has 143 heavy (non-hydrogen) atoms. The average molecular weight is 1880 g/mol. The number of fused-ring (bicyclic) bond motifs is 8. The maximum Gasteiger partial charge on any atom is 0.226 e. The van der Waals surface area contributed by atoms with Gasteiger partial charge in [-0.3, -0.25) is 79.4 Å². The summed E-state index contributed by atoms with van der Waals surface area (Å²) in [6.07, 6.45) is 35.0. The number of H-pyrrole nitrogens is 8. The fraction of sp³-hybridized carbons (Fsp3) is 0.111. The van der Waals surface area contributed by atoms with E-state index in [1.54, 1.807) is 93.0 Å². The van der Waals surface area contributed by atoms with Crippen molar-refractivity contribution < 1.29 is 19.2 Å². The van der Waals surface area contributed by atoms with Crippen LogP contribution in [-0.2, 0) is 25.6 Å². The van der Waals surface area contributed by atoms with Gasteiger partial charge in [0.25, 0.3) is 0 Å². The van der Waals surface area contributed by atoms with Crippen LogP contribution in [0.5, 0.6) is 0 Å². The molecular weight excluding hydrogens is 1800 g/mol. The van der Waals surface area contributed by atoms with Crippen molar-refractivity contribution in [2.75, 3.05) is 16.0 Å². The third-order valence-corrected chi connectivity index (χ3v) is 23.9. The molecule has 11 N–H and O–H groups in total. The van der Waals surface area contributed by atoms with Crippen molar-refractivity contribution in [2.45, 2.75) is 67.2 Å². The molecule has 0 aliphatic heterocycles. The first kappa shape index (κ1) is 90.0. The number of nitrogens with one attached hydrogen (secondary N) is 11. The number of anilines is 3. The lowest BCUT2D eigenvalue weighted by atomic mass is 10.1. The Morgan fingerprint density at radius 2 is 0.615 bits per heavy atom. The van der Waals surface area contributed by atoms with Gasteiger partial charge in [0, 0.05) is 225 Å². The van der Waals surface area contributed by atoms with E-state index in [2.05, 4.69) is 136 Å². The third kappa shape index (κ3) is 19.2. The van der Waals surface area contributed by atoms with Gasteiger partial charge in [0.15, 0.2) is 45.9 Å². The molecule has 698 valence electrons. The van der Waals surface area contributed by atoms with Crippen LogP contribution in [0.1, 0.15) is 66.5 Å². The first-order chi connectivity index (χ1) is 70.0. The van der Waals surface area contributed by atoms with Crippen molar-refractivity contribution in [1.82, 2.24) is 140 Å². The molecule has 0 saturated carbocycles. The Hall–Kier alpha value is -19.5. The predicted octanol–water partition coefficient (Wildman–Crippen LogP) is 21.0. The van der Waals surface area contributed by atoms with Crippen LogP contribution in [0.15, 0.2) is 294 Å². The number of carbonyl (C=O) groups is 4. The van der Waals surface area contributed by atoms with Gasteiger partial charge >= 0.3 is 0 Å².